The van der Waals surface area contributed by atoms with Crippen LogP contribution in [0.2, 0.25) is 0 Å². The van der Waals surface area contributed by atoms with Gasteiger partial charge in [-0.05, 0) is 32.4 Å². The maximum Gasteiger partial charge on any atom is 0.293 e. The Bertz CT molecular complexity index is 409. The van der Waals surface area contributed by atoms with Crippen LogP contribution in [0.25, 0.3) is 0 Å². The van der Waals surface area contributed by atoms with Crippen LogP contribution in [0.4, 0.5) is 5.82 Å². The summed E-state index contributed by atoms with van der Waals surface area (Å²) in [4.78, 5) is 16.2. The van der Waals surface area contributed by atoms with E-state index in [4.69, 9.17) is 0 Å². The first-order valence-corrected chi connectivity index (χ1v) is 6.34. The fourth-order valence-corrected chi connectivity index (χ4v) is 2.12. The minimum absolute atomic E-state index is 0.00659. The highest BCUT2D eigenvalue weighted by Crippen LogP contribution is 2.07. The van der Waals surface area contributed by atoms with Gasteiger partial charge in [-0.15, -0.1) is 0 Å². The van der Waals surface area contributed by atoms with Crippen molar-refractivity contribution in [2.24, 2.45) is 0 Å². The molecular weight excluding hydrogens is 216 g/mol. The average Bonchev–Trinajstić information content (AvgIpc) is 2.36. The first-order valence-electron chi connectivity index (χ1n) is 6.34. The molecule has 2 N–H and O–H groups in total. The monoisotopic (exact) mass is 236 g/mol. The van der Waals surface area contributed by atoms with Crippen LogP contribution in [0.5, 0.6) is 0 Å². The average molecular weight is 236 g/mol. The zero-order valence-corrected chi connectivity index (χ0v) is 10.3. The predicted molar refractivity (Wildman–Crippen MR) is 68.3 cm³/mol. The summed E-state index contributed by atoms with van der Waals surface area (Å²) in [5, 5.41) is 6.57. The largest absolute Gasteiger partial charge is 0.363 e. The van der Waals surface area contributed by atoms with Crippen molar-refractivity contribution < 1.29 is 0 Å². The summed E-state index contributed by atoms with van der Waals surface area (Å²) in [6.07, 6.45) is 6.49. The van der Waals surface area contributed by atoms with Gasteiger partial charge in [-0.25, -0.2) is 4.98 Å². The molecule has 94 valence electrons. The van der Waals surface area contributed by atoms with Gasteiger partial charge in [0.15, 0.2) is 5.82 Å². The van der Waals surface area contributed by atoms with Crippen LogP contribution in [0.15, 0.2) is 17.2 Å². The van der Waals surface area contributed by atoms with Crippen LogP contribution in [-0.4, -0.2) is 28.7 Å². The minimum atomic E-state index is -0.00659. The van der Waals surface area contributed by atoms with E-state index in [1.54, 1.807) is 17.0 Å². The zero-order chi connectivity index (χ0) is 12.1. The number of nitrogens with one attached hydrogen (secondary N) is 2. The van der Waals surface area contributed by atoms with E-state index in [9.17, 15) is 4.79 Å². The molecular formula is C12H20N4O. The van der Waals surface area contributed by atoms with Gasteiger partial charge in [-0.3, -0.25) is 4.79 Å². The highest BCUT2D eigenvalue weighted by Gasteiger charge is 2.14. The lowest BCUT2D eigenvalue weighted by molar-refractivity contribution is 0.477. The van der Waals surface area contributed by atoms with Gasteiger partial charge in [0, 0.05) is 25.0 Å². The van der Waals surface area contributed by atoms with Gasteiger partial charge in [0.05, 0.1) is 0 Å². The second kappa shape index (κ2) is 5.82. The van der Waals surface area contributed by atoms with Gasteiger partial charge in [0.25, 0.3) is 5.56 Å². The lowest BCUT2D eigenvalue weighted by Crippen LogP contribution is -2.37. The third-order valence-electron chi connectivity index (χ3n) is 3.06. The number of aromatic nitrogens is 2. The second-order valence-corrected chi connectivity index (χ2v) is 4.44. The van der Waals surface area contributed by atoms with E-state index in [0.29, 0.717) is 11.9 Å². The van der Waals surface area contributed by atoms with Gasteiger partial charge < -0.3 is 15.2 Å². The van der Waals surface area contributed by atoms with E-state index in [2.05, 4.69) is 22.5 Å². The summed E-state index contributed by atoms with van der Waals surface area (Å²) < 4.78 is 1.72. The fraction of sp³-hybridized carbons (Fsp3) is 0.667. The van der Waals surface area contributed by atoms with Crippen LogP contribution in [0.1, 0.15) is 26.2 Å². The number of piperidine rings is 1. The van der Waals surface area contributed by atoms with Crippen molar-refractivity contribution in [2.75, 3.05) is 18.4 Å². The summed E-state index contributed by atoms with van der Waals surface area (Å²) in [6, 6.07) is 0.369. The van der Waals surface area contributed by atoms with Gasteiger partial charge in [-0.1, -0.05) is 6.92 Å². The smallest absolute Gasteiger partial charge is 0.293 e. The normalized spacial score (nSPS) is 17.0. The Hall–Kier alpha value is -1.36. The van der Waals surface area contributed by atoms with E-state index < -0.39 is 0 Å². The molecule has 0 aliphatic carbocycles. The molecule has 1 fully saturated rings. The van der Waals surface area contributed by atoms with Crippen molar-refractivity contribution >= 4 is 5.82 Å². The second-order valence-electron chi connectivity index (χ2n) is 4.44. The molecule has 0 bridgehead atoms. The van der Waals surface area contributed by atoms with E-state index in [1.165, 1.54) is 0 Å². The molecule has 0 radical (unpaired) electrons. The summed E-state index contributed by atoms with van der Waals surface area (Å²) in [7, 11) is 0. The number of anilines is 1. The Morgan fingerprint density at radius 3 is 3.00 bits per heavy atom. The van der Waals surface area contributed by atoms with E-state index >= 15 is 0 Å². The van der Waals surface area contributed by atoms with Crippen molar-refractivity contribution in [1.29, 1.82) is 0 Å². The third-order valence-corrected chi connectivity index (χ3v) is 3.06. The van der Waals surface area contributed by atoms with Gasteiger partial charge in [0.2, 0.25) is 0 Å². The van der Waals surface area contributed by atoms with Crippen LogP contribution < -0.4 is 16.2 Å². The molecule has 5 nitrogen and oxygen atoms in total. The topological polar surface area (TPSA) is 59.0 Å². The minimum Gasteiger partial charge on any atom is -0.363 e. The van der Waals surface area contributed by atoms with Crippen LogP contribution in [0.3, 0.4) is 0 Å². The number of nitrogens with zero attached hydrogens (tertiary/aromatic N) is 2. The van der Waals surface area contributed by atoms with Crippen LogP contribution >= 0.6 is 0 Å². The standard InChI is InChI=1S/C12H20N4O/c1-2-8-16-9-7-14-11(12(16)17)15-10-3-5-13-6-4-10/h7,9-10,13H,2-6,8H2,1H3,(H,14,15). The summed E-state index contributed by atoms with van der Waals surface area (Å²) in [5.41, 5.74) is -0.00659. The van der Waals surface area contributed by atoms with E-state index in [0.717, 1.165) is 38.9 Å². The summed E-state index contributed by atoms with van der Waals surface area (Å²) >= 11 is 0. The van der Waals surface area contributed by atoms with Gasteiger partial charge in [0.1, 0.15) is 0 Å². The lowest BCUT2D eigenvalue weighted by Gasteiger charge is -2.23. The Labute approximate surface area is 101 Å². The highest BCUT2D eigenvalue weighted by molar-refractivity contribution is 5.32. The van der Waals surface area contributed by atoms with Gasteiger partial charge >= 0.3 is 0 Å². The molecule has 0 saturated carbocycles. The van der Waals surface area contributed by atoms with Crippen molar-refractivity contribution in [3.05, 3.63) is 22.7 Å². The molecule has 5 heteroatoms. The molecule has 1 aromatic heterocycles. The first kappa shape index (κ1) is 12.1. The summed E-state index contributed by atoms with van der Waals surface area (Å²) in [6.45, 7) is 4.83. The molecule has 0 spiro atoms. The van der Waals surface area contributed by atoms with Crippen LogP contribution in [-0.2, 0) is 6.54 Å². The molecule has 1 aliphatic rings. The SMILES string of the molecule is CCCn1ccnc(NC2CCNCC2)c1=O. The molecule has 17 heavy (non-hydrogen) atoms. The predicted octanol–water partition coefficient (Wildman–Crippen LogP) is 0.817. The van der Waals surface area contributed by atoms with Crippen molar-refractivity contribution in [3.8, 4) is 0 Å². The van der Waals surface area contributed by atoms with Crippen molar-refractivity contribution in [3.63, 3.8) is 0 Å². The van der Waals surface area contributed by atoms with E-state index in [-0.39, 0.29) is 5.56 Å². The quantitative estimate of drug-likeness (QED) is 0.812. The molecule has 0 amide bonds. The van der Waals surface area contributed by atoms with Crippen LogP contribution in [0, 0.1) is 0 Å². The maximum atomic E-state index is 12.1. The Kier molecular flexibility index (Phi) is 4.14. The van der Waals surface area contributed by atoms with Crippen molar-refractivity contribution in [2.45, 2.75) is 38.8 Å². The lowest BCUT2D eigenvalue weighted by atomic mass is 10.1. The number of rotatable bonds is 4. The highest BCUT2D eigenvalue weighted by atomic mass is 16.1. The molecule has 1 aliphatic heterocycles. The Morgan fingerprint density at radius 1 is 1.53 bits per heavy atom. The number of hydrogen-bond acceptors (Lipinski definition) is 4. The third kappa shape index (κ3) is 3.06. The molecule has 0 atom stereocenters. The molecule has 1 saturated heterocycles. The number of aryl methyl sites for hydroxylation is 1. The van der Waals surface area contributed by atoms with Crippen molar-refractivity contribution in [1.82, 2.24) is 14.9 Å². The summed E-state index contributed by atoms with van der Waals surface area (Å²) in [5.74, 6) is 0.493. The molecule has 2 heterocycles. The molecule has 1 aromatic rings. The molecule has 2 rings (SSSR count). The first-order chi connectivity index (χ1) is 8.31. The number of hydrogen-bond donors (Lipinski definition) is 2. The zero-order valence-electron chi connectivity index (χ0n) is 10.3. The molecule has 0 aromatic carbocycles. The Morgan fingerprint density at radius 2 is 2.29 bits per heavy atom. The van der Waals surface area contributed by atoms with E-state index in [1.807, 2.05) is 0 Å². The maximum absolute atomic E-state index is 12.1. The van der Waals surface area contributed by atoms with Gasteiger partial charge in [-0.2, -0.15) is 0 Å². The Balaban J connectivity index is 2.09. The molecule has 0 unspecified atom stereocenters. The fourth-order valence-electron chi connectivity index (χ4n) is 2.12.